The molecule has 1 amide bonds. The molecule has 2 saturated carbocycles. The lowest BCUT2D eigenvalue weighted by atomic mass is 9.75. The number of rotatable bonds is 5. The van der Waals surface area contributed by atoms with Crippen molar-refractivity contribution in [2.45, 2.75) is 56.6 Å². The molecule has 0 spiro atoms. The Balaban J connectivity index is 1.75. The molecule has 0 bridgehead atoms. The maximum atomic E-state index is 14.1. The summed E-state index contributed by atoms with van der Waals surface area (Å²) >= 11 is 1.41. The Bertz CT molecular complexity index is 553. The van der Waals surface area contributed by atoms with E-state index in [0.29, 0.717) is 11.4 Å². The van der Waals surface area contributed by atoms with Crippen LogP contribution >= 0.6 is 11.3 Å². The molecule has 2 aliphatic carbocycles. The number of thiazole rings is 1. The summed E-state index contributed by atoms with van der Waals surface area (Å²) in [5, 5.41) is 12.9. The van der Waals surface area contributed by atoms with Crippen molar-refractivity contribution in [1.29, 1.82) is 0 Å². The first-order valence-electron chi connectivity index (χ1n) is 7.17. The zero-order valence-electron chi connectivity index (χ0n) is 11.7. The van der Waals surface area contributed by atoms with Crippen molar-refractivity contribution in [3.8, 4) is 0 Å². The van der Waals surface area contributed by atoms with Crippen molar-refractivity contribution in [2.24, 2.45) is 5.92 Å². The summed E-state index contributed by atoms with van der Waals surface area (Å²) in [6.45, 7) is 1.89. The standard InChI is InChI=1S/C14H18F2N2O2S/c1-8-7-17-11(21-8)10(9-3-4-9)18-12(19)14(15,16)13(20)5-2-6-13/h7,9-10,20H,2-6H2,1H3,(H,18,19). The molecule has 1 aromatic heterocycles. The number of aryl methyl sites for hydroxylation is 1. The fraction of sp³-hybridized carbons (Fsp3) is 0.714. The average molecular weight is 316 g/mol. The second kappa shape index (κ2) is 4.98. The Labute approximate surface area is 125 Å². The van der Waals surface area contributed by atoms with E-state index in [1.165, 1.54) is 11.3 Å². The van der Waals surface area contributed by atoms with E-state index in [0.717, 1.165) is 17.7 Å². The Hall–Kier alpha value is -1.08. The van der Waals surface area contributed by atoms with Crippen LogP contribution in [0.15, 0.2) is 6.20 Å². The van der Waals surface area contributed by atoms with E-state index in [2.05, 4.69) is 10.3 Å². The van der Waals surface area contributed by atoms with Crippen LogP contribution in [0.4, 0.5) is 8.78 Å². The molecule has 2 fully saturated rings. The molecule has 2 N–H and O–H groups in total. The number of nitrogens with zero attached hydrogens (tertiary/aromatic N) is 1. The number of halogens is 2. The van der Waals surface area contributed by atoms with Gasteiger partial charge < -0.3 is 10.4 Å². The van der Waals surface area contributed by atoms with E-state index in [9.17, 15) is 18.7 Å². The van der Waals surface area contributed by atoms with Crippen LogP contribution in [0.5, 0.6) is 0 Å². The molecule has 116 valence electrons. The lowest BCUT2D eigenvalue weighted by molar-refractivity contribution is -0.216. The van der Waals surface area contributed by atoms with E-state index < -0.39 is 23.5 Å². The molecule has 2 aliphatic rings. The fourth-order valence-corrected chi connectivity index (χ4v) is 3.51. The first kappa shape index (κ1) is 14.8. The van der Waals surface area contributed by atoms with Crippen LogP contribution in [0, 0.1) is 12.8 Å². The minimum absolute atomic E-state index is 0.0299. The highest BCUT2D eigenvalue weighted by atomic mass is 32.1. The number of carbonyl (C=O) groups is 1. The van der Waals surface area contributed by atoms with Crippen LogP contribution in [0.2, 0.25) is 0 Å². The second-order valence-electron chi connectivity index (χ2n) is 6.06. The van der Waals surface area contributed by atoms with Crippen molar-refractivity contribution in [2.75, 3.05) is 0 Å². The molecule has 1 unspecified atom stereocenters. The lowest BCUT2D eigenvalue weighted by Gasteiger charge is -2.41. The van der Waals surface area contributed by atoms with Crippen LogP contribution in [0.1, 0.15) is 48.0 Å². The highest BCUT2D eigenvalue weighted by molar-refractivity contribution is 7.11. The van der Waals surface area contributed by atoms with Crippen molar-refractivity contribution in [1.82, 2.24) is 10.3 Å². The number of aromatic nitrogens is 1. The SMILES string of the molecule is Cc1cnc(C(NC(=O)C(F)(F)C2(O)CCC2)C2CC2)s1. The summed E-state index contributed by atoms with van der Waals surface area (Å²) in [5.74, 6) is -4.95. The quantitative estimate of drug-likeness (QED) is 0.877. The molecule has 0 aromatic carbocycles. The fourth-order valence-electron chi connectivity index (χ4n) is 2.60. The molecule has 1 atom stereocenters. The number of aliphatic hydroxyl groups is 1. The number of nitrogens with one attached hydrogen (secondary N) is 1. The topological polar surface area (TPSA) is 62.2 Å². The van der Waals surface area contributed by atoms with Crippen LogP contribution in [-0.4, -0.2) is 27.5 Å². The summed E-state index contributed by atoms with van der Waals surface area (Å²) < 4.78 is 28.3. The summed E-state index contributed by atoms with van der Waals surface area (Å²) in [6, 6.07) is -0.467. The van der Waals surface area contributed by atoms with Gasteiger partial charge in [0, 0.05) is 11.1 Å². The number of amides is 1. The predicted molar refractivity (Wildman–Crippen MR) is 74.2 cm³/mol. The number of hydrogen-bond acceptors (Lipinski definition) is 4. The molecule has 0 radical (unpaired) electrons. The Morgan fingerprint density at radius 2 is 2.24 bits per heavy atom. The first-order chi connectivity index (χ1) is 9.83. The van der Waals surface area contributed by atoms with Gasteiger partial charge >= 0.3 is 5.92 Å². The third-order valence-corrected chi connectivity index (χ3v) is 5.33. The zero-order valence-corrected chi connectivity index (χ0v) is 12.6. The van der Waals surface area contributed by atoms with Crippen LogP contribution < -0.4 is 5.32 Å². The molecule has 7 heteroatoms. The molecule has 0 aliphatic heterocycles. The van der Waals surface area contributed by atoms with E-state index >= 15 is 0 Å². The maximum Gasteiger partial charge on any atom is 0.352 e. The minimum atomic E-state index is -3.75. The molecule has 3 rings (SSSR count). The van der Waals surface area contributed by atoms with Crippen molar-refractivity contribution in [3.05, 3.63) is 16.1 Å². The van der Waals surface area contributed by atoms with Gasteiger partial charge in [0.1, 0.15) is 10.6 Å². The van der Waals surface area contributed by atoms with Crippen LogP contribution in [-0.2, 0) is 4.79 Å². The first-order valence-corrected chi connectivity index (χ1v) is 7.99. The van der Waals surface area contributed by atoms with Gasteiger partial charge in [-0.25, -0.2) is 4.98 Å². The van der Waals surface area contributed by atoms with Gasteiger partial charge in [0.25, 0.3) is 5.91 Å². The van der Waals surface area contributed by atoms with Gasteiger partial charge in [-0.1, -0.05) is 0 Å². The van der Waals surface area contributed by atoms with Gasteiger partial charge in [-0.3, -0.25) is 4.79 Å². The van der Waals surface area contributed by atoms with Gasteiger partial charge in [0.05, 0.1) is 6.04 Å². The van der Waals surface area contributed by atoms with E-state index in [4.69, 9.17) is 0 Å². The Morgan fingerprint density at radius 3 is 2.67 bits per heavy atom. The highest BCUT2D eigenvalue weighted by Crippen LogP contribution is 2.46. The summed E-state index contributed by atoms with van der Waals surface area (Å²) in [4.78, 5) is 17.2. The third kappa shape index (κ3) is 2.57. The molecule has 1 heterocycles. The third-order valence-electron chi connectivity index (χ3n) is 4.34. The number of hydrogen-bond donors (Lipinski definition) is 2. The zero-order chi connectivity index (χ0) is 15.3. The minimum Gasteiger partial charge on any atom is -0.383 e. The smallest absolute Gasteiger partial charge is 0.352 e. The normalized spacial score (nSPS) is 22.5. The Morgan fingerprint density at radius 1 is 1.57 bits per heavy atom. The summed E-state index contributed by atoms with van der Waals surface area (Å²) in [6.07, 6.45) is 3.95. The van der Waals surface area contributed by atoms with Crippen molar-refractivity contribution >= 4 is 17.2 Å². The lowest BCUT2D eigenvalue weighted by Crippen LogP contribution is -2.61. The second-order valence-corrected chi connectivity index (χ2v) is 7.32. The van der Waals surface area contributed by atoms with Crippen molar-refractivity contribution in [3.63, 3.8) is 0 Å². The van der Waals surface area contributed by atoms with Gasteiger partial charge in [0.15, 0.2) is 0 Å². The maximum absolute atomic E-state index is 14.1. The molecule has 0 saturated heterocycles. The predicted octanol–water partition coefficient (Wildman–Crippen LogP) is 2.57. The van der Waals surface area contributed by atoms with Gasteiger partial charge in [-0.05, 0) is 44.9 Å². The molecule has 21 heavy (non-hydrogen) atoms. The van der Waals surface area contributed by atoms with Gasteiger partial charge in [-0.2, -0.15) is 8.78 Å². The molecular formula is C14H18F2N2O2S. The Kier molecular flexibility index (Phi) is 3.52. The van der Waals surface area contributed by atoms with Crippen LogP contribution in [0.25, 0.3) is 0 Å². The molecule has 1 aromatic rings. The van der Waals surface area contributed by atoms with Gasteiger partial charge in [0.2, 0.25) is 0 Å². The number of alkyl halides is 2. The van der Waals surface area contributed by atoms with Gasteiger partial charge in [-0.15, -0.1) is 11.3 Å². The van der Waals surface area contributed by atoms with E-state index in [-0.39, 0.29) is 18.8 Å². The van der Waals surface area contributed by atoms with Crippen molar-refractivity contribution < 1.29 is 18.7 Å². The largest absolute Gasteiger partial charge is 0.383 e. The average Bonchev–Trinajstić information content (AvgIpc) is 3.14. The summed E-state index contributed by atoms with van der Waals surface area (Å²) in [5.41, 5.74) is -2.18. The molecular weight excluding hydrogens is 298 g/mol. The summed E-state index contributed by atoms with van der Waals surface area (Å²) in [7, 11) is 0. The monoisotopic (exact) mass is 316 g/mol. The van der Waals surface area contributed by atoms with Crippen LogP contribution in [0.3, 0.4) is 0 Å². The van der Waals surface area contributed by atoms with E-state index in [1.807, 2.05) is 6.92 Å². The molecule has 4 nitrogen and oxygen atoms in total. The number of carbonyl (C=O) groups excluding carboxylic acids is 1. The van der Waals surface area contributed by atoms with E-state index in [1.54, 1.807) is 6.20 Å². The highest BCUT2D eigenvalue weighted by Gasteiger charge is 2.61.